The van der Waals surface area contributed by atoms with Gasteiger partial charge in [-0.3, -0.25) is 14.9 Å². The van der Waals surface area contributed by atoms with Crippen molar-refractivity contribution in [3.05, 3.63) is 112 Å². The number of nitrogens with zero attached hydrogens (tertiary/aromatic N) is 4. The van der Waals surface area contributed by atoms with Gasteiger partial charge in [-0.05, 0) is 75.9 Å². The molecule has 6 rings (SSSR count). The summed E-state index contributed by atoms with van der Waals surface area (Å²) < 4.78 is 13.6. The second kappa shape index (κ2) is 13.2. The highest BCUT2D eigenvalue weighted by Crippen LogP contribution is 2.37. The zero-order chi connectivity index (χ0) is 32.4. The number of aromatic nitrogens is 1. The Kier molecular flexibility index (Phi) is 9.05. The average Bonchev–Trinajstić information content (AvgIpc) is 3.54. The molecule has 8 nitrogen and oxygen atoms in total. The number of pyridine rings is 1. The summed E-state index contributed by atoms with van der Waals surface area (Å²) in [5.74, 6) is -0.297. The molecule has 2 aliphatic heterocycles. The first-order chi connectivity index (χ1) is 22.1. The molecule has 0 aliphatic carbocycles. The third-order valence-electron chi connectivity index (χ3n) is 8.95. The molecule has 238 valence electrons. The molecule has 0 saturated carbocycles. The molecule has 0 spiro atoms. The van der Waals surface area contributed by atoms with Crippen molar-refractivity contribution in [1.82, 2.24) is 25.9 Å². The van der Waals surface area contributed by atoms with E-state index in [1.54, 1.807) is 12.1 Å². The molecule has 2 atom stereocenters. The molecule has 0 radical (unpaired) electrons. The summed E-state index contributed by atoms with van der Waals surface area (Å²) in [5, 5.41) is 20.6. The minimum Gasteiger partial charge on any atom is -0.377 e. The van der Waals surface area contributed by atoms with Crippen LogP contribution in [0.1, 0.15) is 69.3 Å². The number of hydrogen-bond acceptors (Lipinski definition) is 8. The Hall–Kier alpha value is -4.36. The van der Waals surface area contributed by atoms with Crippen LogP contribution < -0.4 is 21.6 Å². The molecular formula is C36H40ClFN8. The number of hydrazine groups is 2. The van der Waals surface area contributed by atoms with Crippen molar-refractivity contribution in [2.24, 2.45) is 0 Å². The number of piperidine rings is 1. The van der Waals surface area contributed by atoms with E-state index >= 15 is 0 Å². The van der Waals surface area contributed by atoms with Crippen molar-refractivity contribution in [3.8, 4) is 6.07 Å². The van der Waals surface area contributed by atoms with Crippen LogP contribution in [0.25, 0.3) is 10.9 Å². The maximum Gasteiger partial charge on any atom is 0.123 e. The Bertz CT molecular complexity index is 1760. The summed E-state index contributed by atoms with van der Waals surface area (Å²) in [4.78, 5) is 7.07. The van der Waals surface area contributed by atoms with Gasteiger partial charge in [0.1, 0.15) is 11.9 Å². The summed E-state index contributed by atoms with van der Waals surface area (Å²) in [6.45, 7) is 10.9. The monoisotopic (exact) mass is 638 g/mol. The lowest BCUT2D eigenvalue weighted by atomic mass is 9.98. The van der Waals surface area contributed by atoms with Gasteiger partial charge in [-0.2, -0.15) is 5.26 Å². The van der Waals surface area contributed by atoms with Gasteiger partial charge in [0.2, 0.25) is 0 Å². The Labute approximate surface area is 275 Å². The minimum absolute atomic E-state index is 0.171. The number of nitriles is 1. The highest BCUT2D eigenvalue weighted by molar-refractivity contribution is 6.35. The topological polar surface area (TPSA) is 91.3 Å². The fourth-order valence-corrected chi connectivity index (χ4v) is 6.56. The molecule has 3 aromatic carbocycles. The minimum atomic E-state index is -0.297. The first-order valence-electron chi connectivity index (χ1n) is 15.7. The van der Waals surface area contributed by atoms with Gasteiger partial charge in [0.25, 0.3) is 0 Å². The van der Waals surface area contributed by atoms with E-state index < -0.39 is 0 Å². The molecule has 10 heteroatoms. The van der Waals surface area contributed by atoms with E-state index in [2.05, 4.69) is 81.7 Å². The number of nitrogens with one attached hydrogen (secondary N) is 4. The van der Waals surface area contributed by atoms with Gasteiger partial charge >= 0.3 is 0 Å². The first-order valence-corrected chi connectivity index (χ1v) is 16.1. The van der Waals surface area contributed by atoms with E-state index in [0.29, 0.717) is 33.2 Å². The Morgan fingerprint density at radius 1 is 1.02 bits per heavy atom. The van der Waals surface area contributed by atoms with Crippen LogP contribution in [0.2, 0.25) is 5.02 Å². The van der Waals surface area contributed by atoms with E-state index in [4.69, 9.17) is 11.6 Å². The molecule has 0 bridgehead atoms. The number of benzene rings is 3. The molecule has 4 aromatic rings. The van der Waals surface area contributed by atoms with E-state index in [-0.39, 0.29) is 23.4 Å². The third-order valence-corrected chi connectivity index (χ3v) is 9.23. The average molecular weight is 639 g/mol. The fourth-order valence-electron chi connectivity index (χ4n) is 6.29. The molecule has 1 aromatic heterocycles. The zero-order valence-electron chi connectivity index (χ0n) is 26.6. The van der Waals surface area contributed by atoms with Crippen molar-refractivity contribution >= 4 is 33.9 Å². The van der Waals surface area contributed by atoms with Crippen molar-refractivity contribution < 1.29 is 4.39 Å². The highest BCUT2D eigenvalue weighted by atomic mass is 35.5. The summed E-state index contributed by atoms with van der Waals surface area (Å²) in [7, 11) is 0. The lowest BCUT2D eigenvalue weighted by Crippen LogP contribution is -2.52. The SMILES string of the molecule is C[C@@H](Nc1c(C#N)cnc2c(Cl)cc(N[C@H](C3=CN(C4CCN(C(C)(C)C)CC4)NN3)c3ccccc3)cc12)c1ccc(F)cc1. The van der Waals surface area contributed by atoms with E-state index in [1.165, 1.54) is 18.3 Å². The summed E-state index contributed by atoms with van der Waals surface area (Å²) in [6.07, 6.45) is 5.84. The van der Waals surface area contributed by atoms with Gasteiger partial charge in [-0.15, -0.1) is 5.53 Å². The Balaban J connectivity index is 1.31. The van der Waals surface area contributed by atoms with Crippen molar-refractivity contribution in [1.29, 1.82) is 5.26 Å². The quantitative estimate of drug-likeness (QED) is 0.156. The predicted molar refractivity (Wildman–Crippen MR) is 183 cm³/mol. The lowest BCUT2D eigenvalue weighted by molar-refractivity contribution is 0.0570. The van der Waals surface area contributed by atoms with Gasteiger partial charge in [-0.25, -0.2) is 4.39 Å². The maximum absolute atomic E-state index is 13.6. The van der Waals surface area contributed by atoms with Gasteiger partial charge in [0.05, 0.1) is 33.5 Å². The standard InChI is InChI=1S/C36H40ClFN8/c1-23(24-10-12-27(38)13-11-24)41-33-26(20-39)21-40-35-30(33)18-28(19-31(35)37)42-34(25-8-6-5-7-9-25)32-22-46(44-43-32)29-14-16-45(17-15-29)36(2,3)4/h5-13,18-19,21-23,29,34,42-44H,14-17H2,1-4H3,(H,40,41)/t23-,34+/m1/s1. The number of halogens is 2. The molecule has 1 saturated heterocycles. The Morgan fingerprint density at radius 3 is 2.41 bits per heavy atom. The molecule has 1 fully saturated rings. The number of likely N-dealkylation sites (tertiary alicyclic amines) is 1. The molecule has 2 aliphatic rings. The van der Waals surface area contributed by atoms with E-state index in [0.717, 1.165) is 48.4 Å². The fraction of sp³-hybridized carbons (Fsp3) is 0.333. The zero-order valence-corrected chi connectivity index (χ0v) is 27.4. The van der Waals surface area contributed by atoms with Gasteiger partial charge in [0.15, 0.2) is 0 Å². The van der Waals surface area contributed by atoms with Crippen LogP contribution in [0.3, 0.4) is 0 Å². The second-order valence-corrected chi connectivity index (χ2v) is 13.4. The van der Waals surface area contributed by atoms with Gasteiger partial charge < -0.3 is 16.1 Å². The third kappa shape index (κ3) is 6.75. The maximum atomic E-state index is 13.6. The first kappa shape index (κ1) is 31.6. The molecule has 0 amide bonds. The van der Waals surface area contributed by atoms with Crippen molar-refractivity contribution in [3.63, 3.8) is 0 Å². The molecule has 0 unspecified atom stereocenters. The Morgan fingerprint density at radius 2 is 1.74 bits per heavy atom. The van der Waals surface area contributed by atoms with E-state index in [9.17, 15) is 9.65 Å². The molecule has 46 heavy (non-hydrogen) atoms. The summed E-state index contributed by atoms with van der Waals surface area (Å²) >= 11 is 6.85. The van der Waals surface area contributed by atoms with Crippen LogP contribution in [0, 0.1) is 17.1 Å². The highest BCUT2D eigenvalue weighted by Gasteiger charge is 2.32. The number of hydrogen-bond donors (Lipinski definition) is 4. The number of fused-ring (bicyclic) bond motifs is 1. The summed E-state index contributed by atoms with van der Waals surface area (Å²) in [6, 6.07) is 22.7. The van der Waals surface area contributed by atoms with Gasteiger partial charge in [-0.1, -0.05) is 54.1 Å². The number of rotatable bonds is 8. The van der Waals surface area contributed by atoms with Crippen LogP contribution >= 0.6 is 11.6 Å². The van der Waals surface area contributed by atoms with Crippen LogP contribution in [0.4, 0.5) is 15.8 Å². The predicted octanol–water partition coefficient (Wildman–Crippen LogP) is 7.65. The normalized spacial score (nSPS) is 17.2. The van der Waals surface area contributed by atoms with Crippen molar-refractivity contribution in [2.75, 3.05) is 23.7 Å². The second-order valence-electron chi connectivity index (χ2n) is 13.0. The molecule has 4 N–H and O–H groups in total. The largest absolute Gasteiger partial charge is 0.377 e. The van der Waals surface area contributed by atoms with Gasteiger partial charge in [0, 0.05) is 54.2 Å². The van der Waals surface area contributed by atoms with Crippen LogP contribution in [0.5, 0.6) is 0 Å². The molecule has 3 heterocycles. The molecular weight excluding hydrogens is 599 g/mol. The number of anilines is 2. The smallest absolute Gasteiger partial charge is 0.123 e. The van der Waals surface area contributed by atoms with Crippen LogP contribution in [-0.4, -0.2) is 39.6 Å². The lowest BCUT2D eigenvalue weighted by Gasteiger charge is -2.42. The summed E-state index contributed by atoms with van der Waals surface area (Å²) in [5.41, 5.74) is 12.3. The van der Waals surface area contributed by atoms with Crippen LogP contribution in [0.15, 0.2) is 84.8 Å². The van der Waals surface area contributed by atoms with E-state index in [1.807, 2.05) is 37.3 Å². The van der Waals surface area contributed by atoms with Crippen molar-refractivity contribution in [2.45, 2.75) is 64.2 Å². The van der Waals surface area contributed by atoms with Crippen LogP contribution in [-0.2, 0) is 0 Å².